The molecule has 17 heavy (non-hydrogen) atoms. The molecule has 3 unspecified atom stereocenters. The van der Waals surface area contributed by atoms with Crippen LogP contribution in [0.5, 0.6) is 0 Å². The molecule has 0 radical (unpaired) electrons. The summed E-state index contributed by atoms with van der Waals surface area (Å²) in [6, 6.07) is 5.30. The Balaban J connectivity index is 1.73. The molecule has 1 N–H and O–H groups in total. The van der Waals surface area contributed by atoms with Crippen molar-refractivity contribution in [1.82, 2.24) is 5.32 Å². The number of hydrogen-bond acceptors (Lipinski definition) is 3. The van der Waals surface area contributed by atoms with E-state index in [2.05, 4.69) is 17.5 Å². The van der Waals surface area contributed by atoms with Crippen molar-refractivity contribution in [3.8, 4) is 6.07 Å². The van der Waals surface area contributed by atoms with Crippen LogP contribution in [0.2, 0.25) is 0 Å². The Hall–Kier alpha value is -1.27. The van der Waals surface area contributed by atoms with Crippen LogP contribution < -0.4 is 5.32 Å². The van der Waals surface area contributed by atoms with Crippen molar-refractivity contribution in [2.45, 2.75) is 50.6 Å². The topological polar surface area (TPSA) is 49.0 Å². The molecule has 2 aliphatic rings. The third-order valence-corrected chi connectivity index (χ3v) is 4.15. The Kier molecular flexibility index (Phi) is 2.90. The van der Waals surface area contributed by atoms with Crippen molar-refractivity contribution in [1.29, 1.82) is 5.26 Å². The van der Waals surface area contributed by atoms with Crippen LogP contribution in [0.1, 0.15) is 49.5 Å². The van der Waals surface area contributed by atoms with Crippen LogP contribution in [0.3, 0.4) is 0 Å². The molecule has 90 valence electrons. The summed E-state index contributed by atoms with van der Waals surface area (Å²) in [5.74, 6) is 1.34. The van der Waals surface area contributed by atoms with Crippen molar-refractivity contribution >= 4 is 0 Å². The first-order valence-electron chi connectivity index (χ1n) is 6.60. The number of furan rings is 1. The lowest BCUT2D eigenvalue weighted by atomic mass is 9.92. The van der Waals surface area contributed by atoms with Crippen LogP contribution in [0, 0.1) is 17.2 Å². The van der Waals surface area contributed by atoms with Gasteiger partial charge in [-0.3, -0.25) is 0 Å². The van der Waals surface area contributed by atoms with E-state index in [0.717, 1.165) is 25.0 Å². The summed E-state index contributed by atoms with van der Waals surface area (Å²) in [4.78, 5) is 0. The fourth-order valence-corrected chi connectivity index (χ4v) is 3.23. The second-order valence-electron chi connectivity index (χ2n) is 5.18. The van der Waals surface area contributed by atoms with Crippen LogP contribution >= 0.6 is 0 Å². The lowest BCUT2D eigenvalue weighted by molar-refractivity contribution is 0.354. The summed E-state index contributed by atoms with van der Waals surface area (Å²) in [6.07, 6.45) is 8.58. The molecule has 0 amide bonds. The number of nitrogens with one attached hydrogen (secondary N) is 1. The van der Waals surface area contributed by atoms with E-state index >= 15 is 0 Å². The van der Waals surface area contributed by atoms with Crippen LogP contribution in [0.4, 0.5) is 0 Å². The molecular weight excluding hydrogens is 212 g/mol. The number of aryl methyl sites for hydroxylation is 1. The molecule has 1 aromatic heterocycles. The van der Waals surface area contributed by atoms with E-state index in [0.29, 0.717) is 12.1 Å². The first kappa shape index (κ1) is 10.9. The molecule has 3 rings (SSSR count). The molecule has 0 aliphatic heterocycles. The SMILES string of the molecule is N#CC1CCCC1NC1CCCc2occc21. The van der Waals surface area contributed by atoms with Gasteiger partial charge in [-0.25, -0.2) is 0 Å². The van der Waals surface area contributed by atoms with Crippen LogP contribution in [-0.4, -0.2) is 6.04 Å². The Bertz CT molecular complexity index is 432. The number of fused-ring (bicyclic) bond motifs is 1. The Labute approximate surface area is 102 Å². The summed E-state index contributed by atoms with van der Waals surface area (Å²) < 4.78 is 5.50. The van der Waals surface area contributed by atoms with Gasteiger partial charge in [0.2, 0.25) is 0 Å². The summed E-state index contributed by atoms with van der Waals surface area (Å²) in [7, 11) is 0. The van der Waals surface area contributed by atoms with E-state index in [4.69, 9.17) is 9.68 Å². The fraction of sp³-hybridized carbons (Fsp3) is 0.643. The number of rotatable bonds is 2. The maximum atomic E-state index is 9.11. The van der Waals surface area contributed by atoms with Crippen LogP contribution in [-0.2, 0) is 6.42 Å². The quantitative estimate of drug-likeness (QED) is 0.849. The highest BCUT2D eigenvalue weighted by molar-refractivity contribution is 5.24. The molecule has 2 aliphatic carbocycles. The smallest absolute Gasteiger partial charge is 0.108 e. The lowest BCUT2D eigenvalue weighted by Gasteiger charge is -2.27. The molecule has 1 aromatic rings. The second kappa shape index (κ2) is 4.54. The van der Waals surface area contributed by atoms with Gasteiger partial charge < -0.3 is 9.73 Å². The normalized spacial score (nSPS) is 32.1. The highest BCUT2D eigenvalue weighted by Crippen LogP contribution is 2.34. The minimum absolute atomic E-state index is 0.201. The van der Waals surface area contributed by atoms with Gasteiger partial charge in [0.15, 0.2) is 0 Å². The van der Waals surface area contributed by atoms with Gasteiger partial charge in [-0.05, 0) is 31.7 Å². The monoisotopic (exact) mass is 230 g/mol. The molecule has 0 aromatic carbocycles. The van der Waals surface area contributed by atoms with Crippen molar-refractivity contribution in [3.05, 3.63) is 23.7 Å². The molecule has 1 fully saturated rings. The van der Waals surface area contributed by atoms with Crippen molar-refractivity contribution < 1.29 is 4.42 Å². The van der Waals surface area contributed by atoms with Crippen molar-refractivity contribution in [3.63, 3.8) is 0 Å². The van der Waals surface area contributed by atoms with E-state index in [-0.39, 0.29) is 5.92 Å². The summed E-state index contributed by atoms with van der Waals surface area (Å²) in [5.41, 5.74) is 1.32. The number of hydrogen-bond donors (Lipinski definition) is 1. The first-order valence-corrected chi connectivity index (χ1v) is 6.60. The van der Waals surface area contributed by atoms with E-state index < -0.39 is 0 Å². The van der Waals surface area contributed by atoms with Crippen molar-refractivity contribution in [2.75, 3.05) is 0 Å². The molecule has 0 spiro atoms. The van der Waals surface area contributed by atoms with Gasteiger partial charge in [0.25, 0.3) is 0 Å². The third kappa shape index (κ3) is 1.98. The molecule has 0 saturated heterocycles. The predicted octanol–water partition coefficient (Wildman–Crippen LogP) is 2.94. The zero-order chi connectivity index (χ0) is 11.7. The van der Waals surface area contributed by atoms with Gasteiger partial charge in [0.05, 0.1) is 18.3 Å². The number of nitriles is 1. The maximum absolute atomic E-state index is 9.11. The van der Waals surface area contributed by atoms with E-state index in [9.17, 15) is 0 Å². The minimum atomic E-state index is 0.201. The fourth-order valence-electron chi connectivity index (χ4n) is 3.23. The van der Waals surface area contributed by atoms with Crippen molar-refractivity contribution in [2.24, 2.45) is 5.92 Å². The van der Waals surface area contributed by atoms with Gasteiger partial charge in [0, 0.05) is 24.1 Å². The average molecular weight is 230 g/mol. The van der Waals surface area contributed by atoms with Gasteiger partial charge in [-0.1, -0.05) is 6.42 Å². The lowest BCUT2D eigenvalue weighted by Crippen LogP contribution is -2.36. The molecular formula is C14H18N2O. The van der Waals surface area contributed by atoms with E-state index in [1.165, 1.54) is 24.8 Å². The molecule has 3 nitrogen and oxygen atoms in total. The Morgan fingerprint density at radius 3 is 3.12 bits per heavy atom. The van der Waals surface area contributed by atoms with Gasteiger partial charge in [-0.2, -0.15) is 5.26 Å². The van der Waals surface area contributed by atoms with Gasteiger partial charge >= 0.3 is 0 Å². The van der Waals surface area contributed by atoms with Crippen LogP contribution in [0.15, 0.2) is 16.7 Å². The molecule has 3 heteroatoms. The third-order valence-electron chi connectivity index (χ3n) is 4.15. The molecule has 1 saturated carbocycles. The standard InChI is InChI=1S/C14H18N2O/c15-9-10-3-1-4-12(10)16-13-5-2-6-14-11(13)7-8-17-14/h7-8,10,12-13,16H,1-6H2. The Morgan fingerprint density at radius 2 is 2.24 bits per heavy atom. The molecule has 0 bridgehead atoms. The summed E-state index contributed by atoms with van der Waals surface area (Å²) >= 11 is 0. The minimum Gasteiger partial charge on any atom is -0.469 e. The maximum Gasteiger partial charge on any atom is 0.108 e. The summed E-state index contributed by atoms with van der Waals surface area (Å²) in [5, 5.41) is 12.8. The number of nitrogens with zero attached hydrogens (tertiary/aromatic N) is 1. The largest absolute Gasteiger partial charge is 0.469 e. The van der Waals surface area contributed by atoms with Gasteiger partial charge in [0.1, 0.15) is 5.76 Å². The van der Waals surface area contributed by atoms with E-state index in [1.807, 2.05) is 0 Å². The molecule has 3 atom stereocenters. The summed E-state index contributed by atoms with van der Waals surface area (Å²) in [6.45, 7) is 0. The predicted molar refractivity (Wildman–Crippen MR) is 64.3 cm³/mol. The zero-order valence-electron chi connectivity index (χ0n) is 9.98. The first-order chi connectivity index (χ1) is 8.38. The second-order valence-corrected chi connectivity index (χ2v) is 5.18. The highest BCUT2D eigenvalue weighted by Gasteiger charge is 2.31. The highest BCUT2D eigenvalue weighted by atomic mass is 16.3. The van der Waals surface area contributed by atoms with Gasteiger partial charge in [-0.15, -0.1) is 0 Å². The Morgan fingerprint density at radius 1 is 1.29 bits per heavy atom. The average Bonchev–Trinajstić information content (AvgIpc) is 2.97. The zero-order valence-corrected chi connectivity index (χ0v) is 9.98. The molecule has 1 heterocycles. The van der Waals surface area contributed by atoms with E-state index in [1.54, 1.807) is 6.26 Å². The van der Waals surface area contributed by atoms with Crippen LogP contribution in [0.25, 0.3) is 0 Å².